The van der Waals surface area contributed by atoms with Crippen molar-refractivity contribution in [2.75, 3.05) is 25.0 Å². The maximum absolute atomic E-state index is 12.4. The zero-order valence-electron chi connectivity index (χ0n) is 11.4. The number of piperidine rings is 1. The number of ether oxygens (including phenoxy) is 1. The average molecular weight is 311 g/mol. The first-order valence-corrected chi connectivity index (χ1v) is 8.33. The van der Waals surface area contributed by atoms with Crippen molar-refractivity contribution in [3.05, 3.63) is 18.2 Å². The van der Waals surface area contributed by atoms with E-state index in [1.165, 1.54) is 12.1 Å². The Morgan fingerprint density at radius 2 is 2.19 bits per heavy atom. The van der Waals surface area contributed by atoms with Gasteiger partial charge in [-0.2, -0.15) is 0 Å². The zero-order chi connectivity index (χ0) is 14.9. The molecule has 2 aliphatic rings. The van der Waals surface area contributed by atoms with E-state index in [4.69, 9.17) is 4.74 Å². The molecule has 0 saturated carbocycles. The van der Waals surface area contributed by atoms with Gasteiger partial charge in [-0.15, -0.1) is 0 Å². The Bertz CT molecular complexity index is 653. The average Bonchev–Trinajstić information content (AvgIpc) is 2.47. The van der Waals surface area contributed by atoms with Gasteiger partial charge >= 0.3 is 0 Å². The first-order chi connectivity index (χ1) is 10.0. The fraction of sp³-hybridized carbons (Fsp3) is 0.462. The van der Waals surface area contributed by atoms with Crippen LogP contribution in [0.1, 0.15) is 12.8 Å². The molecule has 8 heteroatoms. The van der Waals surface area contributed by atoms with Gasteiger partial charge in [0.1, 0.15) is 5.75 Å². The van der Waals surface area contributed by atoms with Crippen molar-refractivity contribution in [1.82, 2.24) is 10.0 Å². The second-order valence-corrected chi connectivity index (χ2v) is 6.87. The van der Waals surface area contributed by atoms with E-state index in [2.05, 4.69) is 15.4 Å². The summed E-state index contributed by atoms with van der Waals surface area (Å²) in [6.07, 6.45) is 1.76. The van der Waals surface area contributed by atoms with Crippen LogP contribution in [-0.2, 0) is 14.8 Å². The Morgan fingerprint density at radius 3 is 2.95 bits per heavy atom. The van der Waals surface area contributed by atoms with Crippen LogP contribution in [-0.4, -0.2) is 40.1 Å². The maximum Gasteiger partial charge on any atom is 0.262 e. The predicted octanol–water partition coefficient (Wildman–Crippen LogP) is 0.0478. The van der Waals surface area contributed by atoms with Crippen molar-refractivity contribution in [1.29, 1.82) is 0 Å². The summed E-state index contributed by atoms with van der Waals surface area (Å²) in [5.74, 6) is 0.189. The third-order valence-electron chi connectivity index (χ3n) is 3.51. The molecule has 0 aliphatic carbocycles. The first-order valence-electron chi connectivity index (χ1n) is 6.84. The minimum Gasteiger partial charge on any atom is -0.482 e. The number of hydrogen-bond acceptors (Lipinski definition) is 5. The number of hydrogen-bond donors (Lipinski definition) is 3. The normalized spacial score (nSPS) is 22.1. The number of fused-ring (bicyclic) bond motifs is 1. The largest absolute Gasteiger partial charge is 0.482 e. The number of amides is 1. The Labute approximate surface area is 123 Å². The summed E-state index contributed by atoms with van der Waals surface area (Å²) in [4.78, 5) is 11.4. The van der Waals surface area contributed by atoms with Gasteiger partial charge in [-0.1, -0.05) is 0 Å². The number of carbonyl (C=O) groups excluding carboxylic acids is 1. The Hall–Kier alpha value is -1.64. The molecule has 1 aromatic carbocycles. The van der Waals surface area contributed by atoms with Gasteiger partial charge in [-0.05, 0) is 37.6 Å². The molecule has 1 saturated heterocycles. The smallest absolute Gasteiger partial charge is 0.262 e. The highest BCUT2D eigenvalue weighted by Gasteiger charge is 2.24. The highest BCUT2D eigenvalue weighted by atomic mass is 32.2. The number of benzene rings is 1. The standard InChI is InChI=1S/C13H17N3O4S/c17-13-8-20-12-4-3-10(6-11(12)15-13)21(18,19)16-9-2-1-5-14-7-9/h3-4,6,9,14,16H,1-2,5,7-8H2,(H,15,17). The highest BCUT2D eigenvalue weighted by molar-refractivity contribution is 7.89. The molecular weight excluding hydrogens is 294 g/mol. The maximum atomic E-state index is 12.4. The molecule has 21 heavy (non-hydrogen) atoms. The summed E-state index contributed by atoms with van der Waals surface area (Å²) < 4.78 is 32.7. The van der Waals surface area contributed by atoms with Gasteiger partial charge in [0.15, 0.2) is 6.61 Å². The fourth-order valence-corrected chi connectivity index (χ4v) is 3.77. The van der Waals surface area contributed by atoms with Gasteiger partial charge in [0.2, 0.25) is 10.0 Å². The van der Waals surface area contributed by atoms with Crippen LogP contribution in [0.2, 0.25) is 0 Å². The Morgan fingerprint density at radius 1 is 1.33 bits per heavy atom. The van der Waals surface area contributed by atoms with Crippen LogP contribution in [0.15, 0.2) is 23.1 Å². The summed E-state index contributed by atoms with van der Waals surface area (Å²) in [6, 6.07) is 4.35. The monoisotopic (exact) mass is 311 g/mol. The zero-order valence-corrected chi connectivity index (χ0v) is 12.2. The molecule has 0 spiro atoms. The number of rotatable bonds is 3. The molecule has 1 aromatic rings. The van der Waals surface area contributed by atoms with E-state index in [0.717, 1.165) is 19.4 Å². The molecule has 7 nitrogen and oxygen atoms in total. The van der Waals surface area contributed by atoms with E-state index in [1.54, 1.807) is 6.07 Å². The summed E-state index contributed by atoms with van der Waals surface area (Å²) in [7, 11) is -3.61. The van der Waals surface area contributed by atoms with E-state index < -0.39 is 10.0 Å². The second kappa shape index (κ2) is 5.63. The molecule has 0 radical (unpaired) electrons. The minimum atomic E-state index is -3.61. The molecule has 0 aromatic heterocycles. The highest BCUT2D eigenvalue weighted by Crippen LogP contribution is 2.30. The first kappa shape index (κ1) is 14.3. The summed E-state index contributed by atoms with van der Waals surface area (Å²) >= 11 is 0. The number of nitrogens with one attached hydrogen (secondary N) is 3. The molecule has 1 unspecified atom stereocenters. The van der Waals surface area contributed by atoms with Gasteiger partial charge in [0.05, 0.1) is 10.6 Å². The lowest BCUT2D eigenvalue weighted by Gasteiger charge is -2.24. The van der Waals surface area contributed by atoms with Gasteiger partial charge in [0.25, 0.3) is 5.91 Å². The summed E-state index contributed by atoms with van der Waals surface area (Å²) in [5, 5.41) is 5.77. The lowest BCUT2D eigenvalue weighted by Crippen LogP contribution is -2.45. The van der Waals surface area contributed by atoms with Crippen molar-refractivity contribution in [3.8, 4) is 5.75 Å². The quantitative estimate of drug-likeness (QED) is 0.733. The molecule has 3 N–H and O–H groups in total. The van der Waals surface area contributed by atoms with Crippen LogP contribution in [0.5, 0.6) is 5.75 Å². The molecule has 2 aliphatic heterocycles. The van der Waals surface area contributed by atoms with E-state index in [1.807, 2.05) is 0 Å². The van der Waals surface area contributed by atoms with Crippen LogP contribution < -0.4 is 20.1 Å². The van der Waals surface area contributed by atoms with E-state index >= 15 is 0 Å². The SMILES string of the molecule is O=C1COc2ccc(S(=O)(=O)NC3CCCNC3)cc2N1. The molecule has 1 amide bonds. The van der Waals surface area contributed by atoms with Crippen molar-refractivity contribution in [3.63, 3.8) is 0 Å². The van der Waals surface area contributed by atoms with E-state index in [-0.39, 0.29) is 23.5 Å². The topological polar surface area (TPSA) is 96.5 Å². The third-order valence-corrected chi connectivity index (χ3v) is 5.03. The fourth-order valence-electron chi connectivity index (χ4n) is 2.47. The molecule has 0 bridgehead atoms. The molecule has 3 rings (SSSR count). The van der Waals surface area contributed by atoms with Gasteiger partial charge < -0.3 is 15.4 Å². The third kappa shape index (κ3) is 3.17. The number of sulfonamides is 1. The van der Waals surface area contributed by atoms with Crippen molar-refractivity contribution in [2.45, 2.75) is 23.8 Å². The Kier molecular flexibility index (Phi) is 3.83. The van der Waals surface area contributed by atoms with E-state index in [0.29, 0.717) is 18.0 Å². The molecule has 2 heterocycles. The molecule has 1 fully saturated rings. The number of anilines is 1. The van der Waals surface area contributed by atoms with Crippen LogP contribution in [0, 0.1) is 0 Å². The van der Waals surface area contributed by atoms with Gasteiger partial charge in [0, 0.05) is 12.6 Å². The lowest BCUT2D eigenvalue weighted by atomic mass is 10.1. The second-order valence-electron chi connectivity index (χ2n) is 5.16. The minimum absolute atomic E-state index is 0.0505. The lowest BCUT2D eigenvalue weighted by molar-refractivity contribution is -0.118. The van der Waals surface area contributed by atoms with Crippen LogP contribution in [0.3, 0.4) is 0 Å². The van der Waals surface area contributed by atoms with E-state index in [9.17, 15) is 13.2 Å². The van der Waals surface area contributed by atoms with Crippen molar-refractivity contribution < 1.29 is 17.9 Å². The van der Waals surface area contributed by atoms with Crippen LogP contribution >= 0.6 is 0 Å². The summed E-state index contributed by atoms with van der Waals surface area (Å²) in [6.45, 7) is 1.50. The Balaban J connectivity index is 1.81. The summed E-state index contributed by atoms with van der Waals surface area (Å²) in [5.41, 5.74) is 0.385. The molecule has 114 valence electrons. The van der Waals surface area contributed by atoms with Crippen molar-refractivity contribution >= 4 is 21.6 Å². The van der Waals surface area contributed by atoms with Crippen LogP contribution in [0.25, 0.3) is 0 Å². The van der Waals surface area contributed by atoms with Crippen LogP contribution in [0.4, 0.5) is 5.69 Å². The predicted molar refractivity (Wildman–Crippen MR) is 76.8 cm³/mol. The van der Waals surface area contributed by atoms with Gasteiger partial charge in [-0.3, -0.25) is 4.79 Å². The molecule has 1 atom stereocenters. The van der Waals surface area contributed by atoms with Crippen molar-refractivity contribution in [2.24, 2.45) is 0 Å². The van der Waals surface area contributed by atoms with Gasteiger partial charge in [-0.25, -0.2) is 13.1 Å². The number of carbonyl (C=O) groups is 1. The molecular formula is C13H17N3O4S.